The van der Waals surface area contributed by atoms with Crippen LogP contribution in [-0.4, -0.2) is 18.2 Å². The van der Waals surface area contributed by atoms with Gasteiger partial charge in [-0.15, -0.1) is 0 Å². The molecule has 1 amide bonds. The molecule has 0 aliphatic heterocycles. The molecule has 0 bridgehead atoms. The second kappa shape index (κ2) is 5.86. The second-order valence-corrected chi connectivity index (χ2v) is 3.80. The van der Waals surface area contributed by atoms with E-state index in [1.54, 1.807) is 12.1 Å². The molecular formula is C14H15NO2. The molecule has 0 aliphatic carbocycles. The monoisotopic (exact) mass is 229 g/mol. The van der Waals surface area contributed by atoms with Gasteiger partial charge in [-0.1, -0.05) is 24.0 Å². The Hall–Kier alpha value is -2.08. The van der Waals surface area contributed by atoms with E-state index >= 15 is 0 Å². The van der Waals surface area contributed by atoms with Gasteiger partial charge >= 0.3 is 0 Å². The Morgan fingerprint density at radius 3 is 2.59 bits per heavy atom. The van der Waals surface area contributed by atoms with Crippen LogP contribution in [0.15, 0.2) is 18.2 Å². The highest BCUT2D eigenvalue weighted by Gasteiger charge is 2.01. The van der Waals surface area contributed by atoms with E-state index in [4.69, 9.17) is 0 Å². The van der Waals surface area contributed by atoms with Gasteiger partial charge in [0.25, 0.3) is 0 Å². The van der Waals surface area contributed by atoms with Crippen LogP contribution in [0.1, 0.15) is 35.3 Å². The predicted molar refractivity (Wildman–Crippen MR) is 66.7 cm³/mol. The molecule has 0 heterocycles. The van der Waals surface area contributed by atoms with Gasteiger partial charge < -0.3 is 5.32 Å². The molecule has 3 nitrogen and oxygen atoms in total. The summed E-state index contributed by atoms with van der Waals surface area (Å²) in [5.74, 6) is 5.71. The fourth-order valence-electron chi connectivity index (χ4n) is 1.28. The van der Waals surface area contributed by atoms with Crippen LogP contribution in [-0.2, 0) is 4.79 Å². The van der Waals surface area contributed by atoms with E-state index in [1.807, 2.05) is 13.0 Å². The van der Waals surface area contributed by atoms with Crippen molar-refractivity contribution in [3.05, 3.63) is 34.9 Å². The maximum Gasteiger partial charge on any atom is 0.217 e. The van der Waals surface area contributed by atoms with Crippen LogP contribution in [0.25, 0.3) is 0 Å². The first kappa shape index (κ1) is 13.0. The summed E-state index contributed by atoms with van der Waals surface area (Å²) in [7, 11) is 0. The lowest BCUT2D eigenvalue weighted by Gasteiger charge is -2.00. The van der Waals surface area contributed by atoms with Crippen molar-refractivity contribution in [2.75, 3.05) is 6.54 Å². The largest absolute Gasteiger partial charge is 0.345 e. The lowest BCUT2D eigenvalue weighted by molar-refractivity contribution is -0.118. The molecule has 0 saturated carbocycles. The number of amides is 1. The zero-order chi connectivity index (χ0) is 12.8. The first-order valence-corrected chi connectivity index (χ1v) is 5.35. The molecule has 1 N–H and O–H groups in total. The van der Waals surface area contributed by atoms with Crippen molar-refractivity contribution in [2.45, 2.75) is 20.8 Å². The van der Waals surface area contributed by atoms with E-state index in [9.17, 15) is 9.59 Å². The van der Waals surface area contributed by atoms with Crippen molar-refractivity contribution >= 4 is 11.7 Å². The van der Waals surface area contributed by atoms with E-state index in [-0.39, 0.29) is 11.7 Å². The Bertz CT molecular complexity index is 507. The number of ketones is 1. The first-order chi connectivity index (χ1) is 8.00. The summed E-state index contributed by atoms with van der Waals surface area (Å²) in [6.07, 6.45) is 0. The summed E-state index contributed by atoms with van der Waals surface area (Å²) >= 11 is 0. The molecule has 1 rings (SSSR count). The van der Waals surface area contributed by atoms with Crippen molar-refractivity contribution in [3.8, 4) is 11.8 Å². The van der Waals surface area contributed by atoms with Crippen LogP contribution >= 0.6 is 0 Å². The molecule has 0 aromatic heterocycles. The Kier molecular flexibility index (Phi) is 4.47. The number of hydrogen-bond acceptors (Lipinski definition) is 2. The number of carbonyl (C=O) groups is 2. The standard InChI is InChI=1S/C14H15NO2/c1-10-6-7-14(11(2)16)9-13(10)5-4-8-15-12(3)17/h6-7,9H,8H2,1-3H3,(H,15,17). The topological polar surface area (TPSA) is 46.2 Å². The zero-order valence-electron chi connectivity index (χ0n) is 10.3. The van der Waals surface area contributed by atoms with Crippen LogP contribution in [0.5, 0.6) is 0 Å². The molecule has 1 aromatic carbocycles. The van der Waals surface area contributed by atoms with Crippen molar-refractivity contribution < 1.29 is 9.59 Å². The van der Waals surface area contributed by atoms with Gasteiger partial charge in [0.15, 0.2) is 5.78 Å². The molecule has 0 radical (unpaired) electrons. The fraction of sp³-hybridized carbons (Fsp3) is 0.286. The minimum absolute atomic E-state index is 0.0231. The number of aryl methyl sites for hydroxylation is 1. The van der Waals surface area contributed by atoms with Crippen LogP contribution < -0.4 is 5.32 Å². The van der Waals surface area contributed by atoms with E-state index < -0.39 is 0 Å². The summed E-state index contributed by atoms with van der Waals surface area (Å²) in [4.78, 5) is 21.9. The smallest absolute Gasteiger partial charge is 0.217 e. The van der Waals surface area contributed by atoms with E-state index in [1.165, 1.54) is 13.8 Å². The molecular weight excluding hydrogens is 214 g/mol. The number of nitrogens with one attached hydrogen (secondary N) is 1. The van der Waals surface area contributed by atoms with E-state index in [2.05, 4.69) is 17.2 Å². The van der Waals surface area contributed by atoms with Gasteiger partial charge in [0, 0.05) is 18.1 Å². The van der Waals surface area contributed by atoms with Gasteiger partial charge in [0.2, 0.25) is 5.91 Å². The number of hydrogen-bond donors (Lipinski definition) is 1. The molecule has 0 atom stereocenters. The third kappa shape index (κ3) is 4.12. The molecule has 0 aliphatic rings. The van der Waals surface area contributed by atoms with Gasteiger partial charge in [-0.2, -0.15) is 0 Å². The van der Waals surface area contributed by atoms with Gasteiger partial charge in [0.05, 0.1) is 6.54 Å². The summed E-state index contributed by atoms with van der Waals surface area (Å²) in [5, 5.41) is 2.59. The van der Waals surface area contributed by atoms with Gasteiger partial charge in [-0.25, -0.2) is 0 Å². The van der Waals surface area contributed by atoms with Crippen molar-refractivity contribution in [2.24, 2.45) is 0 Å². The normalized spacial score (nSPS) is 9.12. The number of rotatable bonds is 2. The highest BCUT2D eigenvalue weighted by molar-refractivity contribution is 5.94. The van der Waals surface area contributed by atoms with Crippen molar-refractivity contribution in [3.63, 3.8) is 0 Å². The number of carbonyl (C=O) groups excluding carboxylic acids is 2. The summed E-state index contributed by atoms with van der Waals surface area (Å²) in [6, 6.07) is 5.44. The maximum atomic E-state index is 11.2. The molecule has 3 heteroatoms. The molecule has 17 heavy (non-hydrogen) atoms. The molecule has 0 spiro atoms. The Labute approximate surface area is 101 Å². The first-order valence-electron chi connectivity index (χ1n) is 5.35. The zero-order valence-corrected chi connectivity index (χ0v) is 10.3. The quantitative estimate of drug-likeness (QED) is 0.619. The van der Waals surface area contributed by atoms with Gasteiger partial charge in [-0.05, 0) is 25.5 Å². The van der Waals surface area contributed by atoms with Crippen LogP contribution in [0, 0.1) is 18.8 Å². The Morgan fingerprint density at radius 1 is 1.29 bits per heavy atom. The Balaban J connectivity index is 2.86. The third-order valence-corrected chi connectivity index (χ3v) is 2.29. The minimum Gasteiger partial charge on any atom is -0.345 e. The van der Waals surface area contributed by atoms with Crippen LogP contribution in [0.3, 0.4) is 0 Å². The summed E-state index contributed by atoms with van der Waals surface area (Å²) < 4.78 is 0. The Morgan fingerprint density at radius 2 is 2.00 bits per heavy atom. The van der Waals surface area contributed by atoms with Crippen molar-refractivity contribution in [1.29, 1.82) is 0 Å². The molecule has 0 unspecified atom stereocenters. The molecule has 1 aromatic rings. The average Bonchev–Trinajstić information content (AvgIpc) is 2.25. The predicted octanol–water partition coefficient (Wildman–Crippen LogP) is 1.69. The second-order valence-electron chi connectivity index (χ2n) is 3.80. The number of benzene rings is 1. The van der Waals surface area contributed by atoms with Crippen LogP contribution in [0.2, 0.25) is 0 Å². The third-order valence-electron chi connectivity index (χ3n) is 2.29. The average molecular weight is 229 g/mol. The highest BCUT2D eigenvalue weighted by atomic mass is 16.1. The van der Waals surface area contributed by atoms with Gasteiger partial charge in [-0.3, -0.25) is 9.59 Å². The molecule has 0 fully saturated rings. The lowest BCUT2D eigenvalue weighted by Crippen LogP contribution is -2.19. The fourth-order valence-corrected chi connectivity index (χ4v) is 1.28. The molecule has 0 saturated heterocycles. The highest BCUT2D eigenvalue weighted by Crippen LogP contribution is 2.10. The van der Waals surface area contributed by atoms with Crippen LogP contribution in [0.4, 0.5) is 0 Å². The summed E-state index contributed by atoms with van der Waals surface area (Å²) in [5.41, 5.74) is 2.49. The van der Waals surface area contributed by atoms with E-state index in [0.717, 1.165) is 11.1 Å². The van der Waals surface area contributed by atoms with E-state index in [0.29, 0.717) is 12.1 Å². The van der Waals surface area contributed by atoms with Gasteiger partial charge in [0.1, 0.15) is 0 Å². The SMILES string of the molecule is CC(=O)NCC#Cc1cc(C(C)=O)ccc1C. The maximum absolute atomic E-state index is 11.2. The number of Topliss-reactive ketones (excluding diaryl/α,β-unsaturated/α-hetero) is 1. The van der Waals surface area contributed by atoms with Crippen molar-refractivity contribution in [1.82, 2.24) is 5.32 Å². The minimum atomic E-state index is -0.103. The summed E-state index contributed by atoms with van der Waals surface area (Å²) in [6.45, 7) is 5.23. The molecule has 88 valence electrons. The lowest BCUT2D eigenvalue weighted by atomic mass is 10.0.